The fraction of sp³-hybridized carbons (Fsp3) is 0.429. The molecule has 0 aliphatic heterocycles. The van der Waals surface area contributed by atoms with Gasteiger partial charge in [0.15, 0.2) is 0 Å². The molecular weight excluding hydrogens is 271 g/mol. The van der Waals surface area contributed by atoms with Crippen LogP contribution in [0.2, 0.25) is 0 Å². The molecule has 2 aromatic carbocycles. The van der Waals surface area contributed by atoms with E-state index in [1.165, 1.54) is 31.2 Å². The minimum Gasteiger partial charge on any atom is -0.206 e. The van der Waals surface area contributed by atoms with Crippen molar-refractivity contribution >= 4 is 0 Å². The number of unbranched alkanes of at least 4 members (excludes halogenated alkanes) is 3. The molecule has 0 atom stereocenters. The van der Waals surface area contributed by atoms with Crippen LogP contribution in [0.3, 0.4) is 0 Å². The van der Waals surface area contributed by atoms with Crippen molar-refractivity contribution in [3.8, 4) is 11.1 Å². The van der Waals surface area contributed by atoms with Crippen LogP contribution in [0, 0.1) is 5.82 Å². The van der Waals surface area contributed by atoms with Crippen LogP contribution in [0.5, 0.6) is 0 Å². The van der Waals surface area contributed by atoms with Crippen molar-refractivity contribution in [2.45, 2.75) is 58.8 Å². The molecule has 0 amide bonds. The molecule has 0 N–H and O–H groups in total. The third-order valence-electron chi connectivity index (χ3n) is 4.16. The average molecular weight is 298 g/mol. The summed E-state index contributed by atoms with van der Waals surface area (Å²) in [6.45, 7) is 4.35. The monoisotopic (exact) mass is 298 g/mol. The summed E-state index contributed by atoms with van der Waals surface area (Å²) < 4.78 is 14.2. The van der Waals surface area contributed by atoms with Crippen LogP contribution in [0.25, 0.3) is 11.1 Å². The minimum absolute atomic E-state index is 0.110. The van der Waals surface area contributed by atoms with E-state index in [-0.39, 0.29) is 5.82 Å². The maximum atomic E-state index is 14.2. The number of aryl methyl sites for hydroxylation is 2. The fourth-order valence-corrected chi connectivity index (χ4v) is 2.84. The number of halogens is 1. The SMILES string of the molecule is CCCCCCc1ccc(-c2ccc(CCC)cc2F)cc1. The third kappa shape index (κ3) is 4.69. The average Bonchev–Trinajstić information content (AvgIpc) is 2.53. The van der Waals surface area contributed by atoms with Crippen molar-refractivity contribution in [2.75, 3.05) is 0 Å². The number of benzene rings is 2. The quantitative estimate of drug-likeness (QED) is 0.484. The molecule has 0 aromatic heterocycles. The summed E-state index contributed by atoms with van der Waals surface area (Å²) in [7, 11) is 0. The Bertz CT molecular complexity index is 569. The lowest BCUT2D eigenvalue weighted by molar-refractivity contribution is 0.628. The van der Waals surface area contributed by atoms with Gasteiger partial charge in [0.25, 0.3) is 0 Å². The van der Waals surface area contributed by atoms with Crippen LogP contribution >= 0.6 is 0 Å². The Labute approximate surface area is 134 Å². The normalized spacial score (nSPS) is 10.9. The van der Waals surface area contributed by atoms with Gasteiger partial charge in [0, 0.05) is 5.56 Å². The fourth-order valence-electron chi connectivity index (χ4n) is 2.84. The summed E-state index contributed by atoms with van der Waals surface area (Å²) in [5.74, 6) is -0.110. The van der Waals surface area contributed by atoms with Crippen LogP contribution in [0.15, 0.2) is 42.5 Å². The molecule has 0 radical (unpaired) electrons. The maximum Gasteiger partial charge on any atom is 0.131 e. The highest BCUT2D eigenvalue weighted by Gasteiger charge is 2.06. The molecule has 118 valence electrons. The summed E-state index contributed by atoms with van der Waals surface area (Å²) in [6, 6.07) is 14.0. The zero-order valence-electron chi connectivity index (χ0n) is 13.9. The van der Waals surface area contributed by atoms with Crippen LogP contribution in [-0.2, 0) is 12.8 Å². The maximum absolute atomic E-state index is 14.2. The van der Waals surface area contributed by atoms with E-state index >= 15 is 0 Å². The Kier molecular flexibility index (Phi) is 6.64. The molecule has 0 saturated heterocycles. The molecule has 0 nitrogen and oxygen atoms in total. The predicted octanol–water partition coefficient (Wildman–Crippen LogP) is 6.57. The van der Waals surface area contributed by atoms with Crippen molar-refractivity contribution in [3.63, 3.8) is 0 Å². The van der Waals surface area contributed by atoms with Gasteiger partial charge in [-0.3, -0.25) is 0 Å². The van der Waals surface area contributed by atoms with Gasteiger partial charge < -0.3 is 0 Å². The van der Waals surface area contributed by atoms with Crippen LogP contribution < -0.4 is 0 Å². The molecule has 0 aliphatic rings. The summed E-state index contributed by atoms with van der Waals surface area (Å²) >= 11 is 0. The lowest BCUT2D eigenvalue weighted by Crippen LogP contribution is -1.90. The molecule has 2 aromatic rings. The summed E-state index contributed by atoms with van der Waals surface area (Å²) in [5, 5.41) is 0. The highest BCUT2D eigenvalue weighted by Crippen LogP contribution is 2.25. The second-order valence-electron chi connectivity index (χ2n) is 6.07. The highest BCUT2D eigenvalue weighted by atomic mass is 19.1. The molecule has 22 heavy (non-hydrogen) atoms. The topological polar surface area (TPSA) is 0 Å². The molecule has 0 spiro atoms. The van der Waals surface area contributed by atoms with E-state index in [0.29, 0.717) is 5.56 Å². The van der Waals surface area contributed by atoms with Crippen LogP contribution in [0.4, 0.5) is 4.39 Å². The first-order valence-electron chi connectivity index (χ1n) is 8.62. The van der Waals surface area contributed by atoms with Crippen molar-refractivity contribution in [1.29, 1.82) is 0 Å². The summed E-state index contributed by atoms with van der Waals surface area (Å²) in [6.07, 6.45) is 8.23. The van der Waals surface area contributed by atoms with Crippen molar-refractivity contribution in [2.24, 2.45) is 0 Å². The van der Waals surface area contributed by atoms with Crippen molar-refractivity contribution < 1.29 is 4.39 Å². The zero-order valence-corrected chi connectivity index (χ0v) is 13.9. The van der Waals surface area contributed by atoms with Gasteiger partial charge in [-0.2, -0.15) is 0 Å². The van der Waals surface area contributed by atoms with E-state index in [1.807, 2.05) is 24.3 Å². The summed E-state index contributed by atoms with van der Waals surface area (Å²) in [4.78, 5) is 0. The van der Waals surface area contributed by atoms with Gasteiger partial charge in [-0.1, -0.05) is 75.9 Å². The molecule has 2 rings (SSSR count). The molecule has 0 fully saturated rings. The van der Waals surface area contributed by atoms with Crippen LogP contribution in [-0.4, -0.2) is 0 Å². The van der Waals surface area contributed by atoms with Crippen molar-refractivity contribution in [1.82, 2.24) is 0 Å². The first kappa shape index (κ1) is 16.7. The Morgan fingerprint density at radius 3 is 2.09 bits per heavy atom. The van der Waals surface area contributed by atoms with Gasteiger partial charge >= 0.3 is 0 Å². The van der Waals surface area contributed by atoms with Gasteiger partial charge in [0.1, 0.15) is 5.82 Å². The summed E-state index contributed by atoms with van der Waals surface area (Å²) in [5.41, 5.74) is 4.11. The highest BCUT2D eigenvalue weighted by molar-refractivity contribution is 5.64. The molecule has 0 unspecified atom stereocenters. The Balaban J connectivity index is 2.03. The zero-order chi connectivity index (χ0) is 15.8. The Hall–Kier alpha value is -1.63. The number of hydrogen-bond acceptors (Lipinski definition) is 0. The minimum atomic E-state index is -0.110. The van der Waals surface area contributed by atoms with Gasteiger partial charge in [0.05, 0.1) is 0 Å². The first-order chi connectivity index (χ1) is 10.7. The standard InChI is InChI=1S/C21H27F/c1-3-5-6-7-9-17-10-13-19(14-11-17)20-15-12-18(8-4-2)16-21(20)22/h10-16H,3-9H2,1-2H3. The molecule has 0 heterocycles. The number of rotatable bonds is 8. The van der Waals surface area contributed by atoms with E-state index in [9.17, 15) is 4.39 Å². The van der Waals surface area contributed by atoms with Gasteiger partial charge in [-0.05, 0) is 42.0 Å². The first-order valence-corrected chi connectivity index (χ1v) is 8.62. The van der Waals surface area contributed by atoms with Gasteiger partial charge in [0.2, 0.25) is 0 Å². The van der Waals surface area contributed by atoms with Gasteiger partial charge in [-0.15, -0.1) is 0 Å². The van der Waals surface area contributed by atoms with Gasteiger partial charge in [-0.25, -0.2) is 4.39 Å². The van der Waals surface area contributed by atoms with E-state index in [2.05, 4.69) is 26.0 Å². The molecule has 1 heteroatoms. The second kappa shape index (κ2) is 8.73. The van der Waals surface area contributed by atoms with Crippen molar-refractivity contribution in [3.05, 3.63) is 59.4 Å². The molecular formula is C21H27F. The van der Waals surface area contributed by atoms with E-state index in [0.717, 1.165) is 30.4 Å². The number of hydrogen-bond donors (Lipinski definition) is 0. The lowest BCUT2D eigenvalue weighted by atomic mass is 9.99. The lowest BCUT2D eigenvalue weighted by Gasteiger charge is -2.07. The predicted molar refractivity (Wildman–Crippen MR) is 93.7 cm³/mol. The third-order valence-corrected chi connectivity index (χ3v) is 4.16. The Morgan fingerprint density at radius 1 is 0.727 bits per heavy atom. The van der Waals surface area contributed by atoms with Crippen LogP contribution in [0.1, 0.15) is 57.1 Å². The molecule has 0 saturated carbocycles. The van der Waals surface area contributed by atoms with E-state index < -0.39 is 0 Å². The Morgan fingerprint density at radius 2 is 1.45 bits per heavy atom. The smallest absolute Gasteiger partial charge is 0.131 e. The van der Waals surface area contributed by atoms with E-state index in [4.69, 9.17) is 0 Å². The molecule has 0 aliphatic carbocycles. The van der Waals surface area contributed by atoms with E-state index in [1.54, 1.807) is 6.07 Å². The molecule has 0 bridgehead atoms. The largest absolute Gasteiger partial charge is 0.206 e. The second-order valence-corrected chi connectivity index (χ2v) is 6.07.